The number of methoxy groups -OCH3 is 2. The van der Waals surface area contributed by atoms with Crippen molar-refractivity contribution in [1.82, 2.24) is 4.90 Å². The summed E-state index contributed by atoms with van der Waals surface area (Å²) in [5, 5.41) is 0. The number of hydrogen-bond acceptors (Lipinski definition) is 5. The summed E-state index contributed by atoms with van der Waals surface area (Å²) in [4.78, 5) is 27.8. The zero-order valence-corrected chi connectivity index (χ0v) is 17.5. The van der Waals surface area contributed by atoms with Gasteiger partial charge in [-0.2, -0.15) is 0 Å². The minimum absolute atomic E-state index is 0.162. The summed E-state index contributed by atoms with van der Waals surface area (Å²) in [6.45, 7) is 0.883. The molecule has 0 aliphatic carbocycles. The third kappa shape index (κ3) is 5.32. The maximum absolute atomic E-state index is 14.7. The number of nitrogens with zero attached hydrogens (tertiary/aromatic N) is 2. The van der Waals surface area contributed by atoms with E-state index in [0.717, 1.165) is 28.9 Å². The molecule has 0 atom stereocenters. The van der Waals surface area contributed by atoms with Crippen molar-refractivity contribution < 1.29 is 32.2 Å². The van der Waals surface area contributed by atoms with Gasteiger partial charge in [-0.1, -0.05) is 13.0 Å². The van der Waals surface area contributed by atoms with Gasteiger partial charge in [-0.3, -0.25) is 9.69 Å². The summed E-state index contributed by atoms with van der Waals surface area (Å²) in [5.41, 5.74) is -1.08. The Morgan fingerprint density at radius 3 is 2.13 bits per heavy atom. The minimum atomic E-state index is -1.27. The molecule has 10 heteroatoms. The minimum Gasteiger partial charge on any atom is -0.364 e. The second kappa shape index (κ2) is 11.0. The third-order valence-electron chi connectivity index (χ3n) is 3.92. The van der Waals surface area contributed by atoms with Crippen LogP contribution >= 0.6 is 11.8 Å². The average Bonchev–Trinajstić information content (AvgIpc) is 2.70. The summed E-state index contributed by atoms with van der Waals surface area (Å²) < 4.78 is 52.7. The van der Waals surface area contributed by atoms with Crippen LogP contribution in [0.4, 0.5) is 23.7 Å². The molecule has 0 radical (unpaired) electrons. The van der Waals surface area contributed by atoms with Crippen LogP contribution in [0.2, 0.25) is 0 Å². The largest absolute Gasteiger partial charge is 0.364 e. The van der Waals surface area contributed by atoms with Gasteiger partial charge in [0.1, 0.15) is 36.5 Å². The number of imide groups is 1. The maximum Gasteiger partial charge on any atom is 0.335 e. The summed E-state index contributed by atoms with van der Waals surface area (Å²) in [7, 11) is 2.47. The van der Waals surface area contributed by atoms with Crippen LogP contribution in [0.5, 0.6) is 0 Å². The van der Waals surface area contributed by atoms with Gasteiger partial charge in [0.2, 0.25) is 0 Å². The van der Waals surface area contributed by atoms with E-state index in [4.69, 9.17) is 9.47 Å². The van der Waals surface area contributed by atoms with Gasteiger partial charge in [-0.05, 0) is 36.1 Å². The van der Waals surface area contributed by atoms with E-state index in [1.54, 1.807) is 6.07 Å². The van der Waals surface area contributed by atoms with Crippen LogP contribution in [-0.4, -0.2) is 50.3 Å². The second-order valence-corrected chi connectivity index (χ2v) is 7.26. The monoisotopic (exact) mass is 442 g/mol. The van der Waals surface area contributed by atoms with Crippen LogP contribution in [0.25, 0.3) is 0 Å². The van der Waals surface area contributed by atoms with Crippen LogP contribution in [0, 0.1) is 17.5 Å². The smallest absolute Gasteiger partial charge is 0.335 e. The number of urea groups is 1. The van der Waals surface area contributed by atoms with Crippen LogP contribution in [0.15, 0.2) is 41.3 Å². The SMILES string of the molecule is CCSc1ccc(N(COC)C(=O)N(COC)C(=O)c2c(F)cccc2F)c(F)c1. The molecule has 0 aromatic heterocycles. The summed E-state index contributed by atoms with van der Waals surface area (Å²) in [6.07, 6.45) is 0. The Morgan fingerprint density at radius 1 is 0.967 bits per heavy atom. The number of benzene rings is 2. The lowest BCUT2D eigenvalue weighted by Crippen LogP contribution is -2.48. The van der Waals surface area contributed by atoms with Crippen molar-refractivity contribution in [2.45, 2.75) is 11.8 Å². The van der Waals surface area contributed by atoms with E-state index in [1.165, 1.54) is 38.1 Å². The van der Waals surface area contributed by atoms with Crippen LogP contribution in [0.1, 0.15) is 17.3 Å². The molecular weight excluding hydrogens is 421 g/mol. The number of carbonyl (C=O) groups is 2. The summed E-state index contributed by atoms with van der Waals surface area (Å²) in [5.74, 6) is -3.54. The fraction of sp³-hybridized carbons (Fsp3) is 0.300. The summed E-state index contributed by atoms with van der Waals surface area (Å²) >= 11 is 1.41. The maximum atomic E-state index is 14.7. The molecule has 0 fully saturated rings. The van der Waals surface area contributed by atoms with Crippen LogP contribution in [-0.2, 0) is 9.47 Å². The zero-order chi connectivity index (χ0) is 22.3. The number of anilines is 1. The van der Waals surface area contributed by atoms with Crippen LogP contribution < -0.4 is 4.90 Å². The lowest BCUT2D eigenvalue weighted by atomic mass is 10.1. The van der Waals surface area contributed by atoms with Gasteiger partial charge in [-0.15, -0.1) is 11.8 Å². The fourth-order valence-electron chi connectivity index (χ4n) is 2.63. The van der Waals surface area contributed by atoms with Gasteiger partial charge < -0.3 is 9.47 Å². The van der Waals surface area contributed by atoms with E-state index in [0.29, 0.717) is 9.80 Å². The molecule has 3 amide bonds. The highest BCUT2D eigenvalue weighted by atomic mass is 32.2. The quantitative estimate of drug-likeness (QED) is 0.445. The van der Waals surface area contributed by atoms with E-state index >= 15 is 0 Å². The third-order valence-corrected chi connectivity index (χ3v) is 4.80. The fourth-order valence-corrected chi connectivity index (χ4v) is 3.32. The topological polar surface area (TPSA) is 59.1 Å². The molecule has 2 rings (SSSR count). The highest BCUT2D eigenvalue weighted by Gasteiger charge is 2.32. The molecule has 0 aliphatic rings. The Balaban J connectivity index is 2.45. The molecule has 0 saturated carbocycles. The van der Waals surface area contributed by atoms with Gasteiger partial charge in [0.05, 0.1) is 5.69 Å². The molecule has 0 heterocycles. The molecule has 6 nitrogen and oxygen atoms in total. The van der Waals surface area contributed by atoms with Crippen molar-refractivity contribution in [2.24, 2.45) is 0 Å². The van der Waals surface area contributed by atoms with E-state index < -0.39 is 48.4 Å². The first-order chi connectivity index (χ1) is 14.3. The Hall–Kier alpha value is -2.56. The number of thioether (sulfide) groups is 1. The van der Waals surface area contributed by atoms with Gasteiger partial charge in [-0.25, -0.2) is 22.9 Å². The van der Waals surface area contributed by atoms with E-state index in [2.05, 4.69) is 0 Å². The Morgan fingerprint density at radius 2 is 1.60 bits per heavy atom. The highest BCUT2D eigenvalue weighted by Crippen LogP contribution is 2.27. The lowest BCUT2D eigenvalue weighted by Gasteiger charge is -2.29. The van der Waals surface area contributed by atoms with Crippen molar-refractivity contribution >= 4 is 29.4 Å². The molecule has 162 valence electrons. The molecule has 2 aromatic rings. The second-order valence-electron chi connectivity index (χ2n) is 5.92. The first-order valence-electron chi connectivity index (χ1n) is 8.83. The lowest BCUT2D eigenvalue weighted by molar-refractivity contribution is 0.0525. The molecule has 0 bridgehead atoms. The van der Waals surface area contributed by atoms with E-state index in [1.807, 2.05) is 6.92 Å². The molecule has 30 heavy (non-hydrogen) atoms. The Bertz CT molecular complexity index is 893. The normalized spacial score (nSPS) is 10.7. The first-order valence-corrected chi connectivity index (χ1v) is 9.81. The zero-order valence-electron chi connectivity index (χ0n) is 16.7. The number of halogens is 3. The van der Waals surface area contributed by atoms with Crippen LogP contribution in [0.3, 0.4) is 0 Å². The molecule has 0 aliphatic heterocycles. The molecule has 0 unspecified atom stereocenters. The number of carbonyl (C=O) groups excluding carboxylic acids is 2. The standard InChI is InChI=1S/C20H21F3N2O4S/c1-4-30-13-8-9-17(16(23)10-13)24(11-28-2)20(27)25(12-29-3)19(26)18-14(21)6-5-7-15(18)22/h5-10H,4,11-12H2,1-3H3. The number of amides is 3. The van der Waals surface area contributed by atoms with Crippen molar-refractivity contribution in [2.75, 3.05) is 38.3 Å². The summed E-state index contributed by atoms with van der Waals surface area (Å²) in [6, 6.07) is 6.03. The Labute approximate surface area is 176 Å². The molecule has 2 aromatic carbocycles. The van der Waals surface area contributed by atoms with Crippen molar-refractivity contribution in [3.63, 3.8) is 0 Å². The van der Waals surface area contributed by atoms with Crippen molar-refractivity contribution in [1.29, 1.82) is 0 Å². The van der Waals surface area contributed by atoms with Gasteiger partial charge in [0, 0.05) is 19.1 Å². The van der Waals surface area contributed by atoms with Gasteiger partial charge in [0.15, 0.2) is 0 Å². The molecular formula is C20H21F3N2O4S. The number of hydrogen-bond donors (Lipinski definition) is 0. The van der Waals surface area contributed by atoms with Crippen molar-refractivity contribution in [3.8, 4) is 0 Å². The van der Waals surface area contributed by atoms with E-state index in [-0.39, 0.29) is 5.69 Å². The van der Waals surface area contributed by atoms with Gasteiger partial charge in [0.25, 0.3) is 5.91 Å². The molecule has 0 saturated heterocycles. The van der Waals surface area contributed by atoms with Gasteiger partial charge >= 0.3 is 6.03 Å². The Kier molecular flexibility index (Phi) is 8.70. The first kappa shape index (κ1) is 23.7. The average molecular weight is 442 g/mol. The highest BCUT2D eigenvalue weighted by molar-refractivity contribution is 7.99. The predicted molar refractivity (Wildman–Crippen MR) is 107 cm³/mol. The number of rotatable bonds is 8. The predicted octanol–water partition coefficient (Wildman–Crippen LogP) is 4.49. The number of ether oxygens (including phenoxy) is 2. The van der Waals surface area contributed by atoms with Crippen molar-refractivity contribution in [3.05, 3.63) is 59.4 Å². The molecule has 0 N–H and O–H groups in total. The van der Waals surface area contributed by atoms with E-state index in [9.17, 15) is 22.8 Å². The molecule has 0 spiro atoms.